The van der Waals surface area contributed by atoms with Crippen LogP contribution in [0.15, 0.2) is 30.5 Å². The van der Waals surface area contributed by atoms with Gasteiger partial charge in [0.05, 0.1) is 6.61 Å². The minimum absolute atomic E-state index is 0.0547. The van der Waals surface area contributed by atoms with Crippen molar-refractivity contribution in [2.75, 3.05) is 13.2 Å². The molecule has 0 saturated carbocycles. The fourth-order valence-corrected chi connectivity index (χ4v) is 2.73. The van der Waals surface area contributed by atoms with Crippen LogP contribution >= 0.6 is 0 Å². The van der Waals surface area contributed by atoms with E-state index in [-0.39, 0.29) is 31.1 Å². The second-order valence-electron chi connectivity index (χ2n) is 5.95. The molecule has 2 N–H and O–H groups in total. The smallest absolute Gasteiger partial charge is 0.318 e. The molecule has 1 unspecified atom stereocenters. The zero-order valence-corrected chi connectivity index (χ0v) is 14.6. The highest BCUT2D eigenvalue weighted by molar-refractivity contribution is 5.98. The molecule has 0 aliphatic heterocycles. The predicted octanol–water partition coefficient (Wildman–Crippen LogP) is 2.38. The van der Waals surface area contributed by atoms with Crippen LogP contribution in [0.4, 0.5) is 0 Å². The first-order valence-corrected chi connectivity index (χ1v) is 8.51. The van der Waals surface area contributed by atoms with E-state index in [0.29, 0.717) is 13.0 Å². The number of ether oxygens (including phenoxy) is 1. The van der Waals surface area contributed by atoms with Crippen LogP contribution in [0.25, 0.3) is 10.9 Å². The maximum absolute atomic E-state index is 12.3. The van der Waals surface area contributed by atoms with Gasteiger partial charge in [-0.05, 0) is 38.3 Å². The Labute approximate surface area is 146 Å². The Morgan fingerprint density at radius 3 is 2.72 bits per heavy atom. The molecule has 0 aliphatic rings. The van der Waals surface area contributed by atoms with Gasteiger partial charge in [0.1, 0.15) is 11.7 Å². The molecule has 25 heavy (non-hydrogen) atoms. The monoisotopic (exact) mass is 344 g/mol. The van der Waals surface area contributed by atoms with Gasteiger partial charge >= 0.3 is 5.97 Å². The summed E-state index contributed by atoms with van der Waals surface area (Å²) in [7, 11) is 0. The molecule has 0 bridgehead atoms. The molecule has 0 aliphatic carbocycles. The van der Waals surface area contributed by atoms with Gasteiger partial charge in [-0.15, -0.1) is 0 Å². The number of aromatic nitrogens is 1. The second-order valence-corrected chi connectivity index (χ2v) is 5.95. The summed E-state index contributed by atoms with van der Waals surface area (Å²) in [6.45, 7) is 3.75. The maximum Gasteiger partial charge on any atom is 0.318 e. The normalized spacial score (nSPS) is 11.9. The van der Waals surface area contributed by atoms with E-state index in [0.717, 1.165) is 16.5 Å². The van der Waals surface area contributed by atoms with Crippen LogP contribution in [0.5, 0.6) is 0 Å². The van der Waals surface area contributed by atoms with Crippen LogP contribution in [0, 0.1) is 5.92 Å². The molecule has 134 valence electrons. The molecule has 2 aromatic rings. The predicted molar refractivity (Wildman–Crippen MR) is 95.1 cm³/mol. The van der Waals surface area contributed by atoms with Crippen molar-refractivity contribution in [2.45, 2.75) is 33.1 Å². The lowest BCUT2D eigenvalue weighted by atomic mass is 10.0. The number of nitrogens with one attached hydrogen (secondary N) is 2. The van der Waals surface area contributed by atoms with Crippen molar-refractivity contribution in [3.05, 3.63) is 36.0 Å². The number of hydrogen-bond acceptors (Lipinski definition) is 4. The van der Waals surface area contributed by atoms with Gasteiger partial charge in [-0.25, -0.2) is 0 Å². The second kappa shape index (κ2) is 9.01. The summed E-state index contributed by atoms with van der Waals surface area (Å²) >= 11 is 0. The van der Waals surface area contributed by atoms with Gasteiger partial charge in [0, 0.05) is 30.1 Å². The minimum Gasteiger partial charge on any atom is -0.465 e. The van der Waals surface area contributed by atoms with Crippen LogP contribution in [0.1, 0.15) is 32.3 Å². The number of aromatic amines is 1. The van der Waals surface area contributed by atoms with E-state index in [1.807, 2.05) is 30.5 Å². The third-order valence-electron chi connectivity index (χ3n) is 4.04. The number of H-pyrrole nitrogens is 1. The van der Waals surface area contributed by atoms with Crippen LogP contribution < -0.4 is 5.32 Å². The molecule has 0 spiro atoms. The highest BCUT2D eigenvalue weighted by Gasteiger charge is 2.27. The van der Waals surface area contributed by atoms with E-state index in [1.165, 1.54) is 6.92 Å². The molecule has 2 rings (SSSR count). The van der Waals surface area contributed by atoms with Gasteiger partial charge in [0.15, 0.2) is 0 Å². The van der Waals surface area contributed by atoms with Gasteiger partial charge in [-0.1, -0.05) is 18.2 Å². The highest BCUT2D eigenvalue weighted by Crippen LogP contribution is 2.18. The number of carbonyl (C=O) groups excluding carboxylic acids is 3. The average Bonchev–Trinajstić information content (AvgIpc) is 2.98. The molecular weight excluding hydrogens is 320 g/mol. The third-order valence-corrected chi connectivity index (χ3v) is 4.04. The number of hydrogen-bond donors (Lipinski definition) is 2. The summed E-state index contributed by atoms with van der Waals surface area (Å²) in [5, 5.41) is 3.90. The molecule has 1 heterocycles. The Morgan fingerprint density at radius 2 is 2.00 bits per heavy atom. The topological polar surface area (TPSA) is 88.3 Å². The van der Waals surface area contributed by atoms with Gasteiger partial charge < -0.3 is 19.8 Å². The number of amides is 1. The standard InChI is InChI=1S/C19H24N2O4/c1-3-25-19(24)16(9-8-13(2)22)18(23)20-11-10-14-12-21-17-7-5-4-6-15(14)17/h4-7,12,16,21H,3,8-11H2,1-2H3,(H,20,23). The van der Waals surface area contributed by atoms with E-state index >= 15 is 0 Å². The minimum atomic E-state index is -0.938. The molecular formula is C19H24N2O4. The summed E-state index contributed by atoms with van der Waals surface area (Å²) in [5.74, 6) is -1.96. The summed E-state index contributed by atoms with van der Waals surface area (Å²) in [6.07, 6.45) is 2.93. The Hall–Kier alpha value is -2.63. The lowest BCUT2D eigenvalue weighted by molar-refractivity contribution is -0.152. The molecule has 1 atom stereocenters. The van der Waals surface area contributed by atoms with Crippen molar-refractivity contribution >= 4 is 28.6 Å². The molecule has 6 heteroatoms. The third kappa shape index (κ3) is 5.17. The summed E-state index contributed by atoms with van der Waals surface area (Å²) in [4.78, 5) is 38.6. The lowest BCUT2D eigenvalue weighted by Crippen LogP contribution is -2.37. The summed E-state index contributed by atoms with van der Waals surface area (Å²) in [5.41, 5.74) is 2.15. The highest BCUT2D eigenvalue weighted by atomic mass is 16.5. The number of para-hydroxylation sites is 1. The lowest BCUT2D eigenvalue weighted by Gasteiger charge is -2.15. The molecule has 1 aromatic heterocycles. The van der Waals surface area contributed by atoms with Crippen molar-refractivity contribution in [3.63, 3.8) is 0 Å². The number of ketones is 1. The quantitative estimate of drug-likeness (QED) is 0.540. The van der Waals surface area contributed by atoms with Crippen molar-refractivity contribution in [1.82, 2.24) is 10.3 Å². The largest absolute Gasteiger partial charge is 0.465 e. The van der Waals surface area contributed by atoms with Crippen molar-refractivity contribution in [3.8, 4) is 0 Å². The number of Topliss-reactive ketones (excluding diaryl/α,β-unsaturated/α-hetero) is 1. The zero-order valence-electron chi connectivity index (χ0n) is 14.6. The Balaban J connectivity index is 1.93. The molecule has 1 amide bonds. The number of benzene rings is 1. The van der Waals surface area contributed by atoms with E-state index in [9.17, 15) is 14.4 Å². The first-order chi connectivity index (χ1) is 12.0. The molecule has 6 nitrogen and oxygen atoms in total. The fraction of sp³-hybridized carbons (Fsp3) is 0.421. The Morgan fingerprint density at radius 1 is 1.24 bits per heavy atom. The fourth-order valence-electron chi connectivity index (χ4n) is 2.73. The SMILES string of the molecule is CCOC(=O)C(CCC(C)=O)C(=O)NCCc1c[nH]c2ccccc12. The Bertz CT molecular complexity index is 751. The van der Waals surface area contributed by atoms with Crippen molar-refractivity contribution < 1.29 is 19.1 Å². The van der Waals surface area contributed by atoms with E-state index in [1.54, 1.807) is 6.92 Å². The molecule has 0 radical (unpaired) electrons. The Kier molecular flexibility index (Phi) is 6.74. The number of carbonyl (C=O) groups is 3. The van der Waals surface area contributed by atoms with Crippen LogP contribution in [0.2, 0.25) is 0 Å². The van der Waals surface area contributed by atoms with Gasteiger partial charge in [-0.3, -0.25) is 9.59 Å². The number of fused-ring (bicyclic) bond motifs is 1. The van der Waals surface area contributed by atoms with Crippen LogP contribution in [-0.4, -0.2) is 35.8 Å². The summed E-state index contributed by atoms with van der Waals surface area (Å²) < 4.78 is 4.95. The average molecular weight is 344 g/mol. The number of rotatable bonds is 9. The molecule has 0 fully saturated rings. The van der Waals surface area contributed by atoms with E-state index in [4.69, 9.17) is 4.74 Å². The van der Waals surface area contributed by atoms with E-state index < -0.39 is 11.9 Å². The summed E-state index contributed by atoms with van der Waals surface area (Å²) in [6, 6.07) is 7.95. The molecule has 1 aromatic carbocycles. The first kappa shape index (κ1) is 18.7. The first-order valence-electron chi connectivity index (χ1n) is 8.51. The van der Waals surface area contributed by atoms with Crippen molar-refractivity contribution in [2.24, 2.45) is 5.92 Å². The molecule has 0 saturated heterocycles. The van der Waals surface area contributed by atoms with Gasteiger partial charge in [0.2, 0.25) is 5.91 Å². The van der Waals surface area contributed by atoms with Crippen molar-refractivity contribution in [1.29, 1.82) is 0 Å². The number of esters is 1. The van der Waals surface area contributed by atoms with E-state index in [2.05, 4.69) is 10.3 Å². The van der Waals surface area contributed by atoms with Crippen LogP contribution in [0.3, 0.4) is 0 Å². The van der Waals surface area contributed by atoms with Gasteiger partial charge in [0.25, 0.3) is 0 Å². The zero-order chi connectivity index (χ0) is 18.2. The van der Waals surface area contributed by atoms with Crippen LogP contribution in [-0.2, 0) is 25.5 Å². The maximum atomic E-state index is 12.3. The van der Waals surface area contributed by atoms with Gasteiger partial charge in [-0.2, -0.15) is 0 Å².